The summed E-state index contributed by atoms with van der Waals surface area (Å²) in [5.41, 5.74) is 0. The molecular formula is C68H123N11O16. The van der Waals surface area contributed by atoms with E-state index in [2.05, 4.69) is 21.3 Å². The van der Waals surface area contributed by atoms with E-state index in [1.54, 1.807) is 34.6 Å². The Bertz CT molecular complexity index is 2540. The summed E-state index contributed by atoms with van der Waals surface area (Å²) in [4.78, 5) is 171. The standard InChI is InChI=1S/C68H123N11O16/c1-37(2)29-48-63(87)76(21)51(32-40(7)8)59(83)69-45(16)68(92)95-58(43(13)14)67(91)77(22)52(33-41(9)10)61(85)71-49(30-38(3)4)64(88)78(23)55(42(11)12)66(90)79(24)56(57(82)44(15)25-26-73(18)34-47-36-93-27-28-94-47)62(86)72-54(46(17)80)65(89)74(19)35-53(81)75(20)50(31-39(5)6)60(84)70-48/h37-52,54-58,80,82H,25-36H2,1-24H3,(H,69,83)(H,70,84)(H,71,85)(H,72,86)/t44-,45-,46-,47?,48-,49-,50+,51-,52-,54-,55-,56-,57-,58+/m1/s1. The fourth-order valence-corrected chi connectivity index (χ4v) is 12.0. The van der Waals surface area contributed by atoms with Gasteiger partial charge in [-0.05, 0) is 113 Å². The molecule has 14 atom stereocenters. The molecule has 0 aromatic heterocycles. The molecule has 10 amide bonds. The number of rotatable bonds is 20. The van der Waals surface area contributed by atoms with E-state index >= 15 is 14.4 Å². The van der Waals surface area contributed by atoms with Crippen LogP contribution in [0, 0.1) is 47.3 Å². The number of aliphatic hydroxyl groups is 2. The van der Waals surface area contributed by atoms with E-state index in [1.807, 2.05) is 81.2 Å². The van der Waals surface area contributed by atoms with Crippen LogP contribution in [0.1, 0.15) is 156 Å². The summed E-state index contributed by atoms with van der Waals surface area (Å²) in [6, 6.07) is -12.4. The van der Waals surface area contributed by atoms with Gasteiger partial charge in [0, 0.05) is 48.8 Å². The Kier molecular flexibility index (Phi) is 35.3. The minimum absolute atomic E-state index is 0.0698. The highest BCUT2D eigenvalue weighted by molar-refractivity contribution is 5.99. The topological polar surface area (TPSA) is 327 Å². The fourth-order valence-electron chi connectivity index (χ4n) is 12.0. The number of hydrogen-bond acceptors (Lipinski definition) is 17. The Morgan fingerprint density at radius 3 is 1.38 bits per heavy atom. The molecule has 2 saturated heterocycles. The van der Waals surface area contributed by atoms with Crippen LogP contribution in [0.5, 0.6) is 0 Å². The lowest BCUT2D eigenvalue weighted by molar-refractivity contribution is -0.166. The number of carbonyl (C=O) groups excluding carboxylic acids is 11. The molecule has 0 aromatic carbocycles. The van der Waals surface area contributed by atoms with Crippen LogP contribution in [0.25, 0.3) is 0 Å². The lowest BCUT2D eigenvalue weighted by Crippen LogP contribution is -2.64. The number of carbonyl (C=O) groups is 11. The quantitative estimate of drug-likeness (QED) is 0.0951. The summed E-state index contributed by atoms with van der Waals surface area (Å²) in [5, 5.41) is 34.8. The Labute approximate surface area is 566 Å². The van der Waals surface area contributed by atoms with Crippen molar-refractivity contribution in [1.82, 2.24) is 55.6 Å². The maximum Gasteiger partial charge on any atom is 0.329 e. The second-order valence-electron chi connectivity index (χ2n) is 29.6. The van der Waals surface area contributed by atoms with Crippen LogP contribution < -0.4 is 21.3 Å². The van der Waals surface area contributed by atoms with E-state index < -0.39 is 162 Å². The van der Waals surface area contributed by atoms with Gasteiger partial charge in [0.25, 0.3) is 5.91 Å². The first-order valence-electron chi connectivity index (χ1n) is 34.2. The van der Waals surface area contributed by atoms with Gasteiger partial charge in [-0.25, -0.2) is 4.79 Å². The molecule has 2 fully saturated rings. The van der Waals surface area contributed by atoms with Crippen molar-refractivity contribution in [2.24, 2.45) is 47.3 Å². The third kappa shape index (κ3) is 25.7. The fraction of sp³-hybridized carbons (Fsp3) is 0.838. The lowest BCUT2D eigenvalue weighted by Gasteiger charge is -2.40. The molecule has 0 spiro atoms. The molecule has 546 valence electrons. The molecule has 2 rings (SSSR count). The van der Waals surface area contributed by atoms with E-state index in [9.17, 15) is 48.6 Å². The average Bonchev–Trinajstić information content (AvgIpc) is 0.844. The van der Waals surface area contributed by atoms with Crippen molar-refractivity contribution in [2.45, 2.75) is 235 Å². The smallest absolute Gasteiger partial charge is 0.329 e. The molecule has 2 aliphatic heterocycles. The van der Waals surface area contributed by atoms with Crippen LogP contribution in [0.15, 0.2) is 0 Å². The molecule has 95 heavy (non-hydrogen) atoms. The summed E-state index contributed by atoms with van der Waals surface area (Å²) < 4.78 is 17.3. The van der Waals surface area contributed by atoms with E-state index in [0.29, 0.717) is 32.9 Å². The van der Waals surface area contributed by atoms with Crippen molar-refractivity contribution in [3.63, 3.8) is 0 Å². The maximum atomic E-state index is 15.4. The van der Waals surface area contributed by atoms with Crippen LogP contribution in [0.2, 0.25) is 0 Å². The summed E-state index contributed by atoms with van der Waals surface area (Å²) in [6.07, 6.45) is -4.16. The lowest BCUT2D eigenvalue weighted by atomic mass is 9.91. The number of aliphatic hydroxyl groups excluding tert-OH is 2. The molecule has 2 heterocycles. The van der Waals surface area contributed by atoms with E-state index in [1.165, 1.54) is 70.8 Å². The molecule has 1 unspecified atom stereocenters. The van der Waals surface area contributed by atoms with Crippen LogP contribution in [0.4, 0.5) is 0 Å². The van der Waals surface area contributed by atoms with Gasteiger partial charge in [-0.15, -0.1) is 0 Å². The monoisotopic (exact) mass is 1350 g/mol. The minimum Gasteiger partial charge on any atom is -0.450 e. The third-order valence-electron chi connectivity index (χ3n) is 17.7. The minimum atomic E-state index is -1.78. The zero-order chi connectivity index (χ0) is 73.0. The van der Waals surface area contributed by atoms with Crippen LogP contribution >= 0.6 is 0 Å². The van der Waals surface area contributed by atoms with Crippen molar-refractivity contribution in [3.8, 4) is 0 Å². The Hall–Kier alpha value is -6.03. The predicted octanol–water partition coefficient (Wildman–Crippen LogP) is 2.12. The number of cyclic esters (lactones) is 1. The van der Waals surface area contributed by atoms with Gasteiger partial charge in [0.1, 0.15) is 54.4 Å². The van der Waals surface area contributed by atoms with E-state index in [0.717, 1.165) is 14.7 Å². The first-order chi connectivity index (χ1) is 44.0. The van der Waals surface area contributed by atoms with E-state index in [-0.39, 0.29) is 74.2 Å². The molecule has 2 aliphatic rings. The Morgan fingerprint density at radius 2 is 0.947 bits per heavy atom. The first kappa shape index (κ1) is 85.1. The maximum absolute atomic E-state index is 15.4. The molecule has 0 aromatic rings. The van der Waals surface area contributed by atoms with Crippen LogP contribution in [-0.4, -0.2) is 277 Å². The van der Waals surface area contributed by atoms with Gasteiger partial charge >= 0.3 is 5.97 Å². The van der Waals surface area contributed by atoms with Gasteiger partial charge < -0.3 is 80.0 Å². The number of hydrogen-bond donors (Lipinski definition) is 6. The van der Waals surface area contributed by atoms with Crippen molar-refractivity contribution in [1.29, 1.82) is 0 Å². The second-order valence-corrected chi connectivity index (χ2v) is 29.6. The summed E-state index contributed by atoms with van der Waals surface area (Å²) in [7, 11) is 10.0. The van der Waals surface area contributed by atoms with Crippen molar-refractivity contribution < 1.29 is 77.2 Å². The third-order valence-corrected chi connectivity index (χ3v) is 17.7. The highest BCUT2D eigenvalue weighted by atomic mass is 16.6. The Balaban J connectivity index is 3.02. The highest BCUT2D eigenvalue weighted by Crippen LogP contribution is 2.25. The molecule has 0 saturated carbocycles. The molecule has 27 heteroatoms. The molecular weight excluding hydrogens is 1230 g/mol. The first-order valence-corrected chi connectivity index (χ1v) is 34.2. The van der Waals surface area contributed by atoms with Crippen molar-refractivity contribution >= 4 is 65.0 Å². The summed E-state index contributed by atoms with van der Waals surface area (Å²) in [5.74, 6) is -11.7. The van der Waals surface area contributed by atoms with Gasteiger partial charge in [0.05, 0.1) is 44.7 Å². The molecule has 27 nitrogen and oxygen atoms in total. The predicted molar refractivity (Wildman–Crippen MR) is 360 cm³/mol. The number of likely N-dealkylation sites (N-methyl/N-ethyl adjacent to an activating group) is 7. The average molecular weight is 1350 g/mol. The molecule has 0 bridgehead atoms. The molecule has 6 N–H and O–H groups in total. The van der Waals surface area contributed by atoms with Gasteiger partial charge in [0.2, 0.25) is 53.2 Å². The second kappa shape index (κ2) is 39.4. The number of nitrogens with zero attached hydrogens (tertiary/aromatic N) is 7. The van der Waals surface area contributed by atoms with Gasteiger partial charge in [-0.2, -0.15) is 0 Å². The van der Waals surface area contributed by atoms with Gasteiger partial charge in [-0.1, -0.05) is 104 Å². The Morgan fingerprint density at radius 1 is 0.505 bits per heavy atom. The van der Waals surface area contributed by atoms with Crippen LogP contribution in [0.3, 0.4) is 0 Å². The number of nitrogens with one attached hydrogen (secondary N) is 4. The zero-order valence-corrected chi connectivity index (χ0v) is 61.9. The van der Waals surface area contributed by atoms with Gasteiger partial charge in [-0.3, -0.25) is 47.9 Å². The highest BCUT2D eigenvalue weighted by Gasteiger charge is 2.46. The summed E-state index contributed by atoms with van der Waals surface area (Å²) >= 11 is 0. The summed E-state index contributed by atoms with van der Waals surface area (Å²) in [6.45, 7) is 31.0. The SMILES string of the molecule is CC(C)C[C@@H]1C(=O)N[C@H](CC(C)C)C(=O)N(C)[C@H](C(C)C)C(=O)N(C)[C@H]([C@H](O)[C@H](C)CCN(C)CC2COCCO2)C(=O)N[C@H]([C@@H](C)O)C(=O)N(C)CC(=O)N(C)[C@@H](CC(C)C)C(=O)N[C@H](CC(C)C)C(=O)N(C)[C@H](CC(C)C)C(=O)N[C@H](C)C(=O)O[C@@H](C(C)C)C(=O)N1C. The van der Waals surface area contributed by atoms with Crippen molar-refractivity contribution in [2.75, 3.05) is 88.8 Å². The molecule has 0 aliphatic carbocycles. The number of ether oxygens (including phenoxy) is 3. The number of esters is 1. The largest absolute Gasteiger partial charge is 0.450 e. The zero-order valence-electron chi connectivity index (χ0n) is 61.9. The van der Waals surface area contributed by atoms with Gasteiger partial charge in [0.15, 0.2) is 6.10 Å². The number of amides is 10. The van der Waals surface area contributed by atoms with Crippen LogP contribution in [-0.2, 0) is 67.0 Å². The van der Waals surface area contributed by atoms with E-state index in [4.69, 9.17) is 14.2 Å². The normalized spacial score (nSPS) is 27.3. The molecule has 0 radical (unpaired) electrons. The van der Waals surface area contributed by atoms with Crippen molar-refractivity contribution in [3.05, 3.63) is 0 Å².